The molecule has 1 atom stereocenters. The van der Waals surface area contributed by atoms with Crippen LogP contribution in [0.3, 0.4) is 0 Å². The maximum absolute atomic E-state index is 12.6. The maximum Gasteiger partial charge on any atom is 0.244 e. The first-order valence-electron chi connectivity index (χ1n) is 10.6. The lowest BCUT2D eigenvalue weighted by atomic mass is 9.96. The van der Waals surface area contributed by atoms with Crippen LogP contribution in [0.4, 0.5) is 5.82 Å². The number of sulfonamides is 1. The molecule has 1 aromatic heterocycles. The molecule has 0 unspecified atom stereocenters. The molecule has 32 heavy (non-hydrogen) atoms. The van der Waals surface area contributed by atoms with Crippen LogP contribution in [0.25, 0.3) is 0 Å². The number of para-hydroxylation sites is 1. The van der Waals surface area contributed by atoms with E-state index in [1.807, 2.05) is 68.4 Å². The molecule has 166 valence electrons. The minimum Gasteiger partial charge on any atom is -0.485 e. The van der Waals surface area contributed by atoms with Crippen molar-refractivity contribution < 1.29 is 13.2 Å². The number of nitrogens with zero attached hydrogens (tertiary/aromatic N) is 3. The minimum absolute atomic E-state index is 0.138. The van der Waals surface area contributed by atoms with Crippen molar-refractivity contribution in [3.63, 3.8) is 0 Å². The van der Waals surface area contributed by atoms with Crippen LogP contribution in [0.15, 0.2) is 82.9 Å². The zero-order valence-electron chi connectivity index (χ0n) is 18.1. The van der Waals surface area contributed by atoms with Gasteiger partial charge in [-0.2, -0.15) is 9.41 Å². The molecular weight excluding hydrogens is 424 g/mol. The van der Waals surface area contributed by atoms with Crippen LogP contribution >= 0.6 is 0 Å². The van der Waals surface area contributed by atoms with Gasteiger partial charge in [-0.15, -0.1) is 0 Å². The van der Waals surface area contributed by atoms with Gasteiger partial charge in [-0.3, -0.25) is 5.43 Å². The number of anilines is 1. The van der Waals surface area contributed by atoms with E-state index in [1.54, 1.807) is 12.1 Å². The van der Waals surface area contributed by atoms with Crippen molar-refractivity contribution in [2.45, 2.75) is 31.3 Å². The van der Waals surface area contributed by atoms with Crippen molar-refractivity contribution in [3.05, 3.63) is 84.1 Å². The predicted octanol–water partition coefficient (Wildman–Crippen LogP) is 4.45. The van der Waals surface area contributed by atoms with Crippen LogP contribution in [0.1, 0.15) is 37.5 Å². The first kappa shape index (κ1) is 22.0. The van der Waals surface area contributed by atoms with E-state index >= 15 is 0 Å². The average Bonchev–Trinajstić information content (AvgIpc) is 2.84. The Hall–Kier alpha value is -3.23. The van der Waals surface area contributed by atoms with Crippen molar-refractivity contribution in [3.8, 4) is 5.75 Å². The second kappa shape index (κ2) is 9.50. The lowest BCUT2D eigenvalue weighted by Gasteiger charge is -2.27. The summed E-state index contributed by atoms with van der Waals surface area (Å²) in [6.45, 7) is 4.46. The van der Waals surface area contributed by atoms with Crippen molar-refractivity contribution in [2.24, 2.45) is 5.10 Å². The smallest absolute Gasteiger partial charge is 0.244 e. The predicted molar refractivity (Wildman–Crippen MR) is 125 cm³/mol. The molecule has 0 aliphatic carbocycles. The van der Waals surface area contributed by atoms with Crippen LogP contribution in [-0.2, 0) is 10.0 Å². The second-order valence-electron chi connectivity index (χ2n) is 7.36. The summed E-state index contributed by atoms with van der Waals surface area (Å²) >= 11 is 0. The summed E-state index contributed by atoms with van der Waals surface area (Å²) in [4.78, 5) is 4.42. The van der Waals surface area contributed by atoms with Crippen molar-refractivity contribution in [1.29, 1.82) is 0 Å². The Balaban J connectivity index is 1.57. The van der Waals surface area contributed by atoms with Gasteiger partial charge in [-0.25, -0.2) is 13.4 Å². The van der Waals surface area contributed by atoms with Gasteiger partial charge < -0.3 is 4.74 Å². The molecule has 1 aliphatic heterocycles. The number of hydrogen-bond donors (Lipinski definition) is 1. The Kier molecular flexibility index (Phi) is 6.53. The number of rotatable bonds is 7. The highest BCUT2D eigenvalue weighted by Gasteiger charge is 2.26. The molecule has 1 aliphatic rings. The van der Waals surface area contributed by atoms with Crippen LogP contribution in [0, 0.1) is 0 Å². The molecule has 3 aromatic rings. The first-order chi connectivity index (χ1) is 15.5. The van der Waals surface area contributed by atoms with E-state index in [1.165, 1.54) is 10.5 Å². The van der Waals surface area contributed by atoms with Gasteiger partial charge in [0.15, 0.2) is 0 Å². The summed E-state index contributed by atoms with van der Waals surface area (Å²) in [5, 5.41) is 4.59. The highest BCUT2D eigenvalue weighted by molar-refractivity contribution is 7.89. The third kappa shape index (κ3) is 4.51. The Bertz CT molecular complexity index is 1190. The van der Waals surface area contributed by atoms with Gasteiger partial charge in [0.05, 0.1) is 5.71 Å². The molecule has 0 fully saturated rings. The van der Waals surface area contributed by atoms with Gasteiger partial charge in [-0.05, 0) is 29.8 Å². The molecular formula is C24H26N4O3S. The summed E-state index contributed by atoms with van der Waals surface area (Å²) in [5.41, 5.74) is 5.83. The summed E-state index contributed by atoms with van der Waals surface area (Å²) in [6.07, 6.45) is 1.82. The minimum atomic E-state index is -3.54. The molecule has 0 bridgehead atoms. The third-order valence-electron chi connectivity index (χ3n) is 5.40. The van der Waals surface area contributed by atoms with Crippen LogP contribution in [0.2, 0.25) is 0 Å². The van der Waals surface area contributed by atoms with E-state index in [9.17, 15) is 8.42 Å². The molecule has 8 heteroatoms. The molecule has 0 amide bonds. The highest BCUT2D eigenvalue weighted by Crippen LogP contribution is 2.35. The Morgan fingerprint density at radius 1 is 1.03 bits per heavy atom. The fraction of sp³-hybridized carbons (Fsp3) is 0.250. The van der Waals surface area contributed by atoms with Gasteiger partial charge in [0.1, 0.15) is 22.6 Å². The van der Waals surface area contributed by atoms with Crippen molar-refractivity contribution >= 4 is 21.6 Å². The molecule has 0 saturated heterocycles. The van der Waals surface area contributed by atoms with Crippen LogP contribution < -0.4 is 10.2 Å². The molecule has 4 rings (SSSR count). The number of aromatic nitrogens is 1. The largest absolute Gasteiger partial charge is 0.485 e. The van der Waals surface area contributed by atoms with Crippen molar-refractivity contribution in [1.82, 2.24) is 9.29 Å². The first-order valence-corrected chi connectivity index (χ1v) is 12.1. The van der Waals surface area contributed by atoms with Gasteiger partial charge in [0, 0.05) is 31.3 Å². The Morgan fingerprint density at radius 3 is 2.44 bits per heavy atom. The number of ether oxygens (including phenoxy) is 1. The maximum atomic E-state index is 12.6. The van der Waals surface area contributed by atoms with Crippen LogP contribution in [-0.4, -0.2) is 36.5 Å². The van der Waals surface area contributed by atoms with Gasteiger partial charge >= 0.3 is 0 Å². The van der Waals surface area contributed by atoms with Crippen LogP contribution in [0.5, 0.6) is 5.75 Å². The molecule has 0 spiro atoms. The number of fused-ring (bicyclic) bond motifs is 1. The summed E-state index contributed by atoms with van der Waals surface area (Å²) < 4.78 is 32.9. The normalized spacial score (nSPS) is 17.1. The number of benzene rings is 2. The number of hydrogen-bond acceptors (Lipinski definition) is 6. The zero-order chi connectivity index (χ0) is 22.6. The van der Waals surface area contributed by atoms with E-state index in [0.717, 1.165) is 22.6 Å². The fourth-order valence-electron chi connectivity index (χ4n) is 3.68. The SMILES string of the molecule is CCN(CC)S(=O)(=O)c1ccc(N/N=C2/C[C@H](c3ccccc3)Oc3ccccc32)nc1. The second-order valence-corrected chi connectivity index (χ2v) is 9.29. The molecule has 0 saturated carbocycles. The highest BCUT2D eigenvalue weighted by atomic mass is 32.2. The van der Waals surface area contributed by atoms with Gasteiger partial charge in [-0.1, -0.05) is 56.3 Å². The van der Waals surface area contributed by atoms with E-state index in [2.05, 4.69) is 15.5 Å². The third-order valence-corrected chi connectivity index (χ3v) is 7.44. The fourth-order valence-corrected chi connectivity index (χ4v) is 5.09. The number of nitrogens with one attached hydrogen (secondary N) is 1. The zero-order valence-corrected chi connectivity index (χ0v) is 18.9. The Morgan fingerprint density at radius 2 is 1.75 bits per heavy atom. The van der Waals surface area contributed by atoms with Crippen molar-refractivity contribution in [2.75, 3.05) is 18.5 Å². The summed E-state index contributed by atoms with van der Waals surface area (Å²) in [5.74, 6) is 1.25. The molecule has 2 heterocycles. The van der Waals surface area contributed by atoms with E-state index in [4.69, 9.17) is 4.74 Å². The lowest BCUT2D eigenvalue weighted by molar-refractivity contribution is 0.206. The molecule has 1 N–H and O–H groups in total. The Labute approximate surface area is 188 Å². The topological polar surface area (TPSA) is 83.9 Å². The quantitative estimate of drug-likeness (QED) is 0.538. The summed E-state index contributed by atoms with van der Waals surface area (Å²) in [7, 11) is -3.54. The number of pyridine rings is 1. The van der Waals surface area contributed by atoms with E-state index in [0.29, 0.717) is 25.3 Å². The molecule has 2 aromatic carbocycles. The lowest BCUT2D eigenvalue weighted by Crippen LogP contribution is -2.30. The number of hydrazone groups is 1. The van der Waals surface area contributed by atoms with Gasteiger partial charge in [0.25, 0.3) is 0 Å². The summed E-state index contributed by atoms with van der Waals surface area (Å²) in [6, 6.07) is 21.0. The standard InChI is InChI=1S/C24H26N4O3S/c1-3-28(4-2)32(29,30)19-14-15-24(25-17-19)27-26-21-16-23(18-10-6-5-7-11-18)31-22-13-9-8-12-20(21)22/h5-15,17,23H,3-4,16H2,1-2H3,(H,25,27)/b26-21-/t23-/m1/s1. The molecule has 7 nitrogen and oxygen atoms in total. The molecule has 0 radical (unpaired) electrons. The monoisotopic (exact) mass is 450 g/mol. The van der Waals surface area contributed by atoms with E-state index < -0.39 is 10.0 Å². The van der Waals surface area contributed by atoms with Gasteiger partial charge in [0.2, 0.25) is 10.0 Å². The average molecular weight is 451 g/mol. The van der Waals surface area contributed by atoms with E-state index in [-0.39, 0.29) is 11.0 Å².